The lowest BCUT2D eigenvalue weighted by atomic mass is 10.1. The Hall–Kier alpha value is -1.88. The number of fused-ring (bicyclic) bond motifs is 1. The van der Waals surface area contributed by atoms with Crippen molar-refractivity contribution in [3.05, 3.63) is 30.5 Å². The van der Waals surface area contributed by atoms with Gasteiger partial charge in [-0.1, -0.05) is 36.1 Å². The molecule has 0 radical (unpaired) electrons. The first-order valence-corrected chi connectivity index (χ1v) is 13.3. The largest absolute Gasteiger partial charge is 0.506 e. The number of rotatable bonds is 12. The highest BCUT2D eigenvalue weighted by Gasteiger charge is 2.33. The van der Waals surface area contributed by atoms with Gasteiger partial charge in [0.15, 0.2) is 11.5 Å². The molecule has 2 N–H and O–H groups in total. The van der Waals surface area contributed by atoms with Crippen LogP contribution in [0.5, 0.6) is 11.5 Å². The third-order valence-corrected chi connectivity index (χ3v) is 6.79. The number of hydrogen-bond donors (Lipinski definition) is 2. The second-order valence-electron chi connectivity index (χ2n) is 8.65. The van der Waals surface area contributed by atoms with E-state index in [0.29, 0.717) is 55.0 Å². The summed E-state index contributed by atoms with van der Waals surface area (Å²) in [4.78, 5) is 6.61. The number of piperidine rings is 1. The molecule has 1 aromatic carbocycles. The zero-order chi connectivity index (χ0) is 24.7. The second kappa shape index (κ2) is 12.2. The molecule has 1 aliphatic rings. The maximum Gasteiger partial charge on any atom is 0.250 e. The van der Waals surface area contributed by atoms with Gasteiger partial charge in [0.25, 0.3) is 5.92 Å². The van der Waals surface area contributed by atoms with E-state index in [4.69, 9.17) is 9.47 Å². The number of halogens is 3. The van der Waals surface area contributed by atoms with Crippen molar-refractivity contribution < 1.29 is 23.4 Å². The first kappa shape index (κ1) is 26.7. The van der Waals surface area contributed by atoms with Crippen LogP contribution in [0.3, 0.4) is 0 Å². The highest BCUT2D eigenvalue weighted by molar-refractivity contribution is 14.1. The van der Waals surface area contributed by atoms with Crippen LogP contribution in [-0.4, -0.2) is 64.7 Å². The number of aliphatic hydroxyl groups is 1. The quantitative estimate of drug-likeness (QED) is 0.131. The van der Waals surface area contributed by atoms with Crippen molar-refractivity contribution in [2.45, 2.75) is 51.0 Å². The van der Waals surface area contributed by atoms with E-state index in [1.165, 1.54) is 0 Å². The Morgan fingerprint density at radius 3 is 2.65 bits per heavy atom. The van der Waals surface area contributed by atoms with Crippen LogP contribution in [0.4, 0.5) is 14.5 Å². The van der Waals surface area contributed by atoms with Crippen molar-refractivity contribution >= 4 is 44.9 Å². The van der Waals surface area contributed by atoms with Gasteiger partial charge < -0.3 is 24.8 Å². The fraction of sp³-hybridized carbons (Fsp3) is 0.560. The summed E-state index contributed by atoms with van der Waals surface area (Å²) in [5.74, 6) is -1.48. The average Bonchev–Trinajstić information content (AvgIpc) is 2.81. The van der Waals surface area contributed by atoms with Crippen LogP contribution in [0.15, 0.2) is 24.8 Å². The molecule has 0 amide bonds. The maximum atomic E-state index is 13.3. The molecule has 1 atom stereocenters. The molecule has 2 aromatic rings. The molecule has 0 bridgehead atoms. The Morgan fingerprint density at radius 2 is 2.03 bits per heavy atom. The topological polar surface area (TPSA) is 66.8 Å². The molecule has 1 aliphatic heterocycles. The summed E-state index contributed by atoms with van der Waals surface area (Å²) in [6, 6.07) is 5.81. The van der Waals surface area contributed by atoms with Crippen LogP contribution in [0.2, 0.25) is 0 Å². The third kappa shape index (κ3) is 7.07. The minimum absolute atomic E-state index is 0.0798. The van der Waals surface area contributed by atoms with Gasteiger partial charge in [0.2, 0.25) is 0 Å². The van der Waals surface area contributed by atoms with Crippen LogP contribution in [0, 0.1) is 0 Å². The van der Waals surface area contributed by atoms with Crippen molar-refractivity contribution in [2.24, 2.45) is 0 Å². The second-order valence-corrected chi connectivity index (χ2v) is 9.73. The number of methoxy groups -OCH3 is 1. The molecule has 3 rings (SSSR count). The summed E-state index contributed by atoms with van der Waals surface area (Å²) in [5.41, 5.74) is 1.92. The molecule has 2 heterocycles. The van der Waals surface area contributed by atoms with Crippen LogP contribution in [0.25, 0.3) is 16.7 Å². The molecular formula is C25H34F2IN3O3. The number of pyridine rings is 1. The van der Waals surface area contributed by atoms with Crippen LogP contribution < -0.4 is 14.8 Å². The molecule has 34 heavy (non-hydrogen) atoms. The predicted octanol–water partition coefficient (Wildman–Crippen LogP) is 6.29. The Balaban J connectivity index is 1.76. The van der Waals surface area contributed by atoms with Crippen molar-refractivity contribution in [3.8, 4) is 11.5 Å². The fourth-order valence-electron chi connectivity index (χ4n) is 4.08. The highest BCUT2D eigenvalue weighted by atomic mass is 127. The number of ether oxygens (including phenoxy) is 2. The molecule has 0 saturated carbocycles. The van der Waals surface area contributed by atoms with Gasteiger partial charge in [-0.05, 0) is 31.4 Å². The lowest BCUT2D eigenvalue weighted by Gasteiger charge is -2.31. The van der Waals surface area contributed by atoms with Crippen LogP contribution >= 0.6 is 22.6 Å². The molecule has 6 nitrogen and oxygen atoms in total. The summed E-state index contributed by atoms with van der Waals surface area (Å²) in [7, 11) is 1.59. The number of hydrogen-bond acceptors (Lipinski definition) is 6. The third-order valence-electron chi connectivity index (χ3n) is 6.16. The van der Waals surface area contributed by atoms with Gasteiger partial charge in [-0.25, -0.2) is 13.8 Å². The summed E-state index contributed by atoms with van der Waals surface area (Å²) in [5, 5.41) is 14.5. The molecule has 0 aliphatic carbocycles. The molecule has 0 spiro atoms. The zero-order valence-corrected chi connectivity index (χ0v) is 22.0. The van der Waals surface area contributed by atoms with Gasteiger partial charge in [-0.2, -0.15) is 0 Å². The van der Waals surface area contributed by atoms with E-state index in [1.807, 2.05) is 18.2 Å². The number of alkyl halides is 3. The lowest BCUT2D eigenvalue weighted by molar-refractivity contribution is -0.0554. The smallest absolute Gasteiger partial charge is 0.250 e. The predicted molar refractivity (Wildman–Crippen MR) is 142 cm³/mol. The molecule has 9 heteroatoms. The van der Waals surface area contributed by atoms with Gasteiger partial charge in [0, 0.05) is 60.1 Å². The molecular weight excluding hydrogens is 555 g/mol. The summed E-state index contributed by atoms with van der Waals surface area (Å²) < 4.78 is 39.3. The maximum absolute atomic E-state index is 13.3. The average molecular weight is 589 g/mol. The van der Waals surface area contributed by atoms with E-state index < -0.39 is 5.92 Å². The molecule has 1 unspecified atom stereocenters. The lowest BCUT2D eigenvalue weighted by Crippen LogP contribution is -2.40. The van der Waals surface area contributed by atoms with Crippen molar-refractivity contribution in [2.75, 3.05) is 43.1 Å². The number of aliphatic hydroxyl groups excluding tert-OH is 1. The van der Waals surface area contributed by atoms with Crippen LogP contribution in [-0.2, 0) is 0 Å². The van der Waals surface area contributed by atoms with E-state index in [0.717, 1.165) is 34.8 Å². The normalized spacial score (nSPS) is 16.9. The van der Waals surface area contributed by atoms with Gasteiger partial charge in [0.05, 0.1) is 19.2 Å². The fourth-order valence-corrected chi connectivity index (χ4v) is 4.83. The minimum atomic E-state index is -2.53. The number of likely N-dealkylation sites (tertiary alicyclic amines) is 1. The molecule has 188 valence electrons. The van der Waals surface area contributed by atoms with Gasteiger partial charge in [0.1, 0.15) is 11.5 Å². The Labute approximate surface area is 213 Å². The minimum Gasteiger partial charge on any atom is -0.506 e. The first-order valence-electron chi connectivity index (χ1n) is 11.7. The molecule has 1 fully saturated rings. The number of anilines is 1. The summed E-state index contributed by atoms with van der Waals surface area (Å²) >= 11 is 2.37. The van der Waals surface area contributed by atoms with E-state index in [9.17, 15) is 13.9 Å². The zero-order valence-electron chi connectivity index (χ0n) is 19.9. The number of nitrogens with one attached hydrogen (secondary N) is 1. The van der Waals surface area contributed by atoms with Crippen LogP contribution in [0.1, 0.15) is 44.7 Å². The number of benzene rings is 1. The van der Waals surface area contributed by atoms with E-state index in [-0.39, 0.29) is 18.6 Å². The monoisotopic (exact) mass is 589 g/mol. The highest BCUT2D eigenvalue weighted by Crippen LogP contribution is 2.36. The standard InChI is InChI=1S/C25H34F2IN3O3/c1-4-18(6-9-28)29-21-15-20(17(2)32)30-22-16-24(23(33-3)14-19(21)22)34-13-5-10-31-11-7-25(26,27)8-12-31/h14-16,18,32H,2,4-13H2,1,3H3,(H,29,30). The Bertz CT molecular complexity index is 980. The SMILES string of the molecule is C=C(O)c1cc(NC(CC)CCI)c2cc(OC)c(OCCCN3CCC(F)(F)CC3)cc2n1. The Kier molecular flexibility index (Phi) is 9.58. The molecule has 1 aromatic heterocycles. The van der Waals surface area contributed by atoms with Crippen molar-refractivity contribution in [3.63, 3.8) is 0 Å². The summed E-state index contributed by atoms with van der Waals surface area (Å²) in [6.07, 6.45) is 2.54. The molecule has 1 saturated heterocycles. The van der Waals surface area contributed by atoms with E-state index in [2.05, 4.69) is 51.3 Å². The van der Waals surface area contributed by atoms with Crippen molar-refractivity contribution in [1.29, 1.82) is 0 Å². The first-order chi connectivity index (χ1) is 16.3. The number of aromatic nitrogens is 1. The van der Waals surface area contributed by atoms with E-state index in [1.54, 1.807) is 7.11 Å². The summed E-state index contributed by atoms with van der Waals surface area (Å²) in [6.45, 7) is 7.74. The van der Waals surface area contributed by atoms with Gasteiger partial charge in [-0.3, -0.25) is 0 Å². The Morgan fingerprint density at radius 1 is 1.29 bits per heavy atom. The van der Waals surface area contributed by atoms with Gasteiger partial charge in [-0.15, -0.1) is 0 Å². The van der Waals surface area contributed by atoms with Crippen molar-refractivity contribution in [1.82, 2.24) is 9.88 Å². The number of nitrogens with zero attached hydrogens (tertiary/aromatic N) is 2. The van der Waals surface area contributed by atoms with E-state index >= 15 is 0 Å². The van der Waals surface area contributed by atoms with Gasteiger partial charge >= 0.3 is 0 Å².